The van der Waals surface area contributed by atoms with Crippen LogP contribution < -0.4 is 0 Å². The molecule has 0 aliphatic carbocycles. The summed E-state index contributed by atoms with van der Waals surface area (Å²) >= 11 is -11.2. The van der Waals surface area contributed by atoms with Gasteiger partial charge in [0.25, 0.3) is 5.69 Å². The fourth-order valence-corrected chi connectivity index (χ4v) is 3.19. The molecule has 0 heterocycles. The van der Waals surface area contributed by atoms with Crippen molar-refractivity contribution in [2.24, 2.45) is 0 Å². The molecule has 0 aliphatic heterocycles. The molecule has 2 rings (SSSR count). The van der Waals surface area contributed by atoms with Crippen molar-refractivity contribution in [1.82, 2.24) is 0 Å². The molecule has 0 radical (unpaired) electrons. The van der Waals surface area contributed by atoms with Crippen molar-refractivity contribution in [3.8, 4) is 5.75 Å². The molecule has 146 valence electrons. The van der Waals surface area contributed by atoms with E-state index in [0.29, 0.717) is 0 Å². The Labute approximate surface area is 149 Å². The van der Waals surface area contributed by atoms with Crippen LogP contribution in [0.1, 0.15) is 5.56 Å². The van der Waals surface area contributed by atoms with Gasteiger partial charge in [-0.3, -0.25) is 10.1 Å². The zero-order valence-corrected chi connectivity index (χ0v) is 16.5. The molecule has 1 atom stereocenters. The fourth-order valence-electron chi connectivity index (χ4n) is 1.73. The summed E-state index contributed by atoms with van der Waals surface area (Å²) in [5.74, 6) is 1.10. The molecule has 1 unspecified atom stereocenters. The van der Waals surface area contributed by atoms with Gasteiger partial charge in [-0.25, -0.2) is 0 Å². The minimum absolute atomic E-state index is 0.00907. The predicted molar refractivity (Wildman–Crippen MR) is 88.9 cm³/mol. The van der Waals surface area contributed by atoms with E-state index < -0.39 is 24.4 Å². The van der Waals surface area contributed by atoms with Crippen molar-refractivity contribution in [1.29, 1.82) is 0 Å². The SMILES string of the molecule is C[S+](Cc1ccc([N+](=O)[O-])cc1)c1ccc(O)cc1.[F][Sb-]([F])([F])([F])([F])[F]. The van der Waals surface area contributed by atoms with E-state index in [9.17, 15) is 32.1 Å². The third-order valence-electron chi connectivity index (χ3n) is 2.77. The summed E-state index contributed by atoms with van der Waals surface area (Å²) in [6.07, 6.45) is 2.12. The Bertz CT molecular complexity index is 755. The van der Waals surface area contributed by atoms with Gasteiger partial charge in [0.05, 0.1) is 4.92 Å². The van der Waals surface area contributed by atoms with Crippen LogP contribution >= 0.6 is 0 Å². The van der Waals surface area contributed by atoms with Gasteiger partial charge in [0.1, 0.15) is 17.8 Å². The van der Waals surface area contributed by atoms with E-state index in [4.69, 9.17) is 0 Å². The quantitative estimate of drug-likeness (QED) is 0.200. The second-order valence-corrected chi connectivity index (χ2v) is 12.7. The van der Waals surface area contributed by atoms with E-state index in [1.54, 1.807) is 24.3 Å². The third kappa shape index (κ3) is 11.1. The zero-order valence-electron chi connectivity index (χ0n) is 13.2. The molecule has 0 bridgehead atoms. The first-order valence-electron chi connectivity index (χ1n) is 6.72. The standard InChI is InChI=1S/C14H13NO3S.6FH.Sb/c1-19(14-8-6-13(16)7-9-14)10-11-2-4-12(5-3-11)15(17)18;;;;;;;/h2-9H,10H2,1H3;6*1H;/q;;;;;;;+5/p-5. The van der Waals surface area contributed by atoms with E-state index in [-0.39, 0.29) is 22.3 Å². The molecular formula is C14H14F6NO3SSb. The van der Waals surface area contributed by atoms with Gasteiger partial charge >= 0.3 is 36.4 Å². The number of nitro groups is 1. The Balaban J connectivity index is 0.000000412. The molecular weight excluding hydrogens is 498 g/mol. The molecule has 0 aliphatic rings. The van der Waals surface area contributed by atoms with Crippen LogP contribution in [0.2, 0.25) is 0 Å². The van der Waals surface area contributed by atoms with Crippen LogP contribution in [0.5, 0.6) is 5.75 Å². The van der Waals surface area contributed by atoms with E-state index in [0.717, 1.165) is 16.2 Å². The number of halogens is 6. The van der Waals surface area contributed by atoms with E-state index in [1.807, 2.05) is 12.1 Å². The summed E-state index contributed by atoms with van der Waals surface area (Å²) in [6.45, 7) is 0. The van der Waals surface area contributed by atoms with Crippen LogP contribution in [0.25, 0.3) is 0 Å². The first kappa shape index (κ1) is 22.4. The Hall–Kier alpha value is -1.61. The number of nitrogens with zero attached hydrogens (tertiary/aromatic N) is 1. The Morgan fingerprint density at radius 2 is 1.38 bits per heavy atom. The molecule has 0 amide bonds. The molecule has 4 nitrogen and oxygen atoms in total. The van der Waals surface area contributed by atoms with Gasteiger partial charge in [0.15, 0.2) is 4.90 Å². The van der Waals surface area contributed by atoms with Crippen molar-refractivity contribution in [2.75, 3.05) is 6.26 Å². The number of nitro benzene ring substituents is 1. The Morgan fingerprint density at radius 1 is 0.962 bits per heavy atom. The summed E-state index contributed by atoms with van der Waals surface area (Å²) in [5.41, 5.74) is 1.19. The Kier molecular flexibility index (Phi) is 6.20. The van der Waals surface area contributed by atoms with Crippen LogP contribution in [0.15, 0.2) is 53.4 Å². The topological polar surface area (TPSA) is 63.4 Å². The van der Waals surface area contributed by atoms with Crippen LogP contribution in [-0.4, -0.2) is 35.8 Å². The normalized spacial score (nSPS) is 15.0. The summed E-state index contributed by atoms with van der Waals surface area (Å²) in [5, 5.41) is 19.8. The van der Waals surface area contributed by atoms with Crippen LogP contribution in [0.3, 0.4) is 0 Å². The molecule has 0 saturated carbocycles. The van der Waals surface area contributed by atoms with Gasteiger partial charge in [-0.05, 0) is 36.4 Å². The zero-order chi connectivity index (χ0) is 20.2. The van der Waals surface area contributed by atoms with Gasteiger partial charge in [-0.15, -0.1) is 0 Å². The van der Waals surface area contributed by atoms with Crippen LogP contribution in [-0.2, 0) is 16.6 Å². The monoisotopic (exact) mass is 511 g/mol. The average molecular weight is 512 g/mol. The predicted octanol–water partition coefficient (Wildman–Crippen LogP) is 5.25. The molecule has 12 heteroatoms. The number of hydrogen-bond acceptors (Lipinski definition) is 3. The number of benzene rings is 2. The van der Waals surface area contributed by atoms with E-state index >= 15 is 0 Å². The van der Waals surface area contributed by atoms with Crippen molar-refractivity contribution >= 4 is 36.1 Å². The number of rotatable bonds is 4. The van der Waals surface area contributed by atoms with Gasteiger partial charge in [0.2, 0.25) is 0 Å². The molecule has 1 N–H and O–H groups in total. The molecule has 0 aromatic heterocycles. The molecule has 2 aromatic carbocycles. The maximum atomic E-state index is 10.6. The number of hydrogen-bond donors (Lipinski definition) is 1. The summed E-state index contributed by atoms with van der Waals surface area (Å²) < 4.78 is 59.6. The first-order valence-corrected chi connectivity index (χ1v) is 14.3. The number of phenolic OH excluding ortho intramolecular Hbond substituents is 1. The summed E-state index contributed by atoms with van der Waals surface area (Å²) in [7, 11) is 0.00907. The number of non-ortho nitro benzene ring substituents is 1. The van der Waals surface area contributed by atoms with Crippen molar-refractivity contribution in [3.05, 3.63) is 64.2 Å². The maximum absolute atomic E-state index is 11.2. The first-order chi connectivity index (χ1) is 11.5. The molecule has 2 aromatic rings. The van der Waals surface area contributed by atoms with E-state index in [2.05, 4.69) is 6.26 Å². The number of aromatic hydroxyl groups is 1. The second-order valence-electron chi connectivity index (χ2n) is 5.16. The van der Waals surface area contributed by atoms with Crippen molar-refractivity contribution in [2.45, 2.75) is 10.6 Å². The average Bonchev–Trinajstić information content (AvgIpc) is 2.45. The van der Waals surface area contributed by atoms with Crippen molar-refractivity contribution in [3.63, 3.8) is 0 Å². The van der Waals surface area contributed by atoms with E-state index in [1.165, 1.54) is 12.1 Å². The fraction of sp³-hybridized carbons (Fsp3) is 0.143. The number of phenols is 1. The summed E-state index contributed by atoms with van der Waals surface area (Å²) in [4.78, 5) is 11.3. The second kappa shape index (κ2) is 7.19. The molecule has 0 spiro atoms. The minimum atomic E-state index is -11.2. The van der Waals surface area contributed by atoms with Gasteiger partial charge in [-0.2, -0.15) is 0 Å². The summed E-state index contributed by atoms with van der Waals surface area (Å²) in [6, 6.07) is 13.8. The van der Waals surface area contributed by atoms with Crippen molar-refractivity contribution < 1.29 is 26.9 Å². The van der Waals surface area contributed by atoms with Gasteiger partial charge in [0, 0.05) is 28.6 Å². The van der Waals surface area contributed by atoms with Crippen LogP contribution in [0, 0.1) is 10.1 Å². The molecule has 0 saturated heterocycles. The molecule has 26 heavy (non-hydrogen) atoms. The van der Waals surface area contributed by atoms with Gasteiger partial charge in [-0.1, -0.05) is 0 Å². The Morgan fingerprint density at radius 3 is 1.77 bits per heavy atom. The van der Waals surface area contributed by atoms with Gasteiger partial charge < -0.3 is 5.11 Å². The van der Waals surface area contributed by atoms with Crippen LogP contribution in [0.4, 0.5) is 22.6 Å². The molecule has 0 fully saturated rings. The third-order valence-corrected chi connectivity index (χ3v) is 4.61.